The third kappa shape index (κ3) is 9.02. The second-order valence-electron chi connectivity index (χ2n) is 22.3. The Bertz CT molecular complexity index is 4660. The predicted molar refractivity (Wildman–Crippen MR) is 300 cm³/mol. The van der Waals surface area contributed by atoms with Gasteiger partial charge >= 0.3 is 29.2 Å². The number of aromatic nitrogens is 4. The monoisotopic (exact) mass is 1460 g/mol. The summed E-state index contributed by atoms with van der Waals surface area (Å²) in [5.74, 6) is -90.2. The fraction of sp³-hybridized carbons (Fsp3) is 0.280. The third-order valence-electron chi connectivity index (χ3n) is 16.3. The molecule has 0 bridgehead atoms. The van der Waals surface area contributed by atoms with Crippen LogP contribution in [-0.4, -0.2) is 291 Å². The standard InChI is InChI=1S/C50H48N10O42/c1-100-35-31(74)27(70)17(28(71)32(35)75)59-11-7(9(53-59)37(51)78)42(83,84)3-55(39(11)80)13-19(62)23(66)15(24(67)20(13)63)57-6(61)2-44(87,88)48(95,50(57,98)99)102-5-101-36-33(76)29(72)18(30(73)34(36)77)60-12-8(10(54-60)38(52)79)43(85,86)4-56(40(12)81)14-21(64)25(68)16(26(69)22(14)65)58-41(82)45(89,90)46(91,92)47(93,94)49(58,96)97/h62-77,83-99H,2-5H2,1H3,(H2,51,78)(H2,52,79). The van der Waals surface area contributed by atoms with Gasteiger partial charge in [0.25, 0.3) is 35.3 Å². The van der Waals surface area contributed by atoms with Crippen LogP contribution in [0.3, 0.4) is 0 Å². The lowest BCUT2D eigenvalue weighted by atomic mass is 9.85. The van der Waals surface area contributed by atoms with Crippen LogP contribution in [0.1, 0.15) is 59.5 Å². The molecule has 1 unspecified atom stereocenters. The van der Waals surface area contributed by atoms with Gasteiger partial charge in [-0.25, -0.2) is 19.2 Å². The van der Waals surface area contributed by atoms with Crippen molar-refractivity contribution >= 4 is 58.2 Å². The van der Waals surface area contributed by atoms with Crippen LogP contribution in [0.25, 0.3) is 11.4 Å². The Labute approximate surface area is 553 Å². The number of piperidine rings is 2. The summed E-state index contributed by atoms with van der Waals surface area (Å²) < 4.78 is 13.9. The van der Waals surface area contributed by atoms with Crippen LogP contribution in [0.4, 0.5) is 22.7 Å². The van der Waals surface area contributed by atoms with E-state index in [4.69, 9.17) is 20.9 Å². The number of primary amides is 2. The van der Waals surface area contributed by atoms with Crippen molar-refractivity contribution in [2.24, 2.45) is 11.5 Å². The molecule has 6 aromatic rings. The molecule has 6 amide bonds. The number of nitrogens with two attached hydrogens (primary N) is 2. The molecule has 2 saturated heterocycles. The molecular weight excluding hydrogens is 1410 g/mol. The van der Waals surface area contributed by atoms with Crippen LogP contribution < -0.4 is 40.5 Å². The summed E-state index contributed by atoms with van der Waals surface area (Å²) in [5, 5.41) is 370. The van der Waals surface area contributed by atoms with Crippen molar-refractivity contribution in [2.75, 3.05) is 46.6 Å². The number of ether oxygens (including phenoxy) is 3. The Morgan fingerprint density at radius 1 is 0.431 bits per heavy atom. The number of hydrogen-bond donors (Lipinski definition) is 35. The molecule has 550 valence electrons. The fourth-order valence-corrected chi connectivity index (χ4v) is 11.4. The number of phenols is 16. The average molecular weight is 1460 g/mol. The van der Waals surface area contributed by atoms with E-state index in [1.54, 1.807) is 0 Å². The largest absolute Gasteiger partial charge is 0.503 e. The predicted octanol–water partition coefficient (Wildman–Crippen LogP) is -13.0. The number of phenolic OH excluding ortho intramolecular Hbond substituents is 16. The first-order valence-corrected chi connectivity index (χ1v) is 26.8. The van der Waals surface area contributed by atoms with E-state index in [0.717, 1.165) is 7.11 Å². The Morgan fingerprint density at radius 2 is 0.755 bits per heavy atom. The Hall–Kier alpha value is -12.2. The van der Waals surface area contributed by atoms with Gasteiger partial charge in [-0.2, -0.15) is 10.2 Å². The van der Waals surface area contributed by atoms with E-state index in [2.05, 4.69) is 14.9 Å². The molecule has 4 aliphatic heterocycles. The lowest BCUT2D eigenvalue weighted by Crippen LogP contribution is -2.88. The van der Waals surface area contributed by atoms with Crippen molar-refractivity contribution < 1.29 is 211 Å². The van der Waals surface area contributed by atoms with E-state index in [1.807, 2.05) is 0 Å². The van der Waals surface area contributed by atoms with Gasteiger partial charge in [0.1, 0.15) is 34.1 Å². The van der Waals surface area contributed by atoms with Crippen LogP contribution in [0.5, 0.6) is 103 Å². The number of anilines is 4. The molecule has 2 aromatic heterocycles. The van der Waals surface area contributed by atoms with E-state index in [9.17, 15) is 197 Å². The molecule has 1 atom stereocenters. The number of carbonyl (C=O) groups excluding carboxylic acids is 6. The summed E-state index contributed by atoms with van der Waals surface area (Å²) in [6, 6.07) is 0. The number of carbonyl (C=O) groups is 6. The summed E-state index contributed by atoms with van der Waals surface area (Å²) >= 11 is 0. The topological polar surface area (TPSA) is 898 Å². The summed E-state index contributed by atoms with van der Waals surface area (Å²) in [6.07, 6.45) is -2.18. The average Bonchev–Trinajstić information content (AvgIpc) is 0.852. The van der Waals surface area contributed by atoms with Gasteiger partial charge < -0.3 is 194 Å². The quantitative estimate of drug-likeness (QED) is 0.0290. The second kappa shape index (κ2) is 21.9. The number of fused-ring (bicyclic) bond motifs is 2. The van der Waals surface area contributed by atoms with Crippen molar-refractivity contribution in [3.05, 3.63) is 33.9 Å². The van der Waals surface area contributed by atoms with Crippen molar-refractivity contribution in [3.8, 4) is 115 Å². The van der Waals surface area contributed by atoms with E-state index in [0.29, 0.717) is 0 Å². The van der Waals surface area contributed by atoms with Crippen molar-refractivity contribution in [1.29, 1.82) is 0 Å². The molecule has 0 aliphatic carbocycles. The molecule has 52 heteroatoms. The number of aromatic hydroxyl groups is 16. The Balaban J connectivity index is 0.997. The van der Waals surface area contributed by atoms with E-state index in [1.165, 1.54) is 0 Å². The van der Waals surface area contributed by atoms with Gasteiger partial charge in [0.2, 0.25) is 57.8 Å². The first-order valence-electron chi connectivity index (χ1n) is 26.8. The number of amides is 6. The molecule has 4 aromatic carbocycles. The highest BCUT2D eigenvalue weighted by molar-refractivity contribution is 6.15. The minimum Gasteiger partial charge on any atom is -0.503 e. The zero-order chi connectivity index (χ0) is 77.1. The number of rotatable bonds is 13. The first kappa shape index (κ1) is 72.5. The minimum atomic E-state index is -5.23. The molecular formula is C50H48N10O42. The van der Waals surface area contributed by atoms with Crippen molar-refractivity contribution in [3.63, 3.8) is 0 Å². The maximum atomic E-state index is 14.6. The third-order valence-corrected chi connectivity index (χ3v) is 16.3. The summed E-state index contributed by atoms with van der Waals surface area (Å²) in [4.78, 5) is 78.5. The lowest BCUT2D eigenvalue weighted by molar-refractivity contribution is -0.505. The van der Waals surface area contributed by atoms with Gasteiger partial charge in [0, 0.05) is 0 Å². The molecule has 0 spiro atoms. The van der Waals surface area contributed by atoms with Crippen molar-refractivity contribution in [2.45, 2.75) is 58.8 Å². The summed E-state index contributed by atoms with van der Waals surface area (Å²) in [6.45, 7) is -5.95. The highest BCUT2D eigenvalue weighted by Gasteiger charge is 2.81. The molecule has 6 heterocycles. The second-order valence-corrected chi connectivity index (χ2v) is 22.3. The van der Waals surface area contributed by atoms with Crippen LogP contribution in [0.15, 0.2) is 0 Å². The van der Waals surface area contributed by atoms with Crippen LogP contribution in [0.2, 0.25) is 0 Å². The fourth-order valence-electron chi connectivity index (χ4n) is 11.4. The molecule has 0 radical (unpaired) electrons. The number of aliphatic hydroxyl groups is 17. The molecule has 37 N–H and O–H groups in total. The molecule has 10 rings (SSSR count). The Morgan fingerprint density at radius 3 is 1.10 bits per heavy atom. The van der Waals surface area contributed by atoms with Gasteiger partial charge in [0.05, 0.1) is 37.7 Å². The van der Waals surface area contributed by atoms with E-state index >= 15 is 0 Å². The molecule has 0 saturated carbocycles. The van der Waals surface area contributed by atoms with Gasteiger partial charge in [0.15, 0.2) is 98.5 Å². The number of β-amino-alcohol motifs (C(OH)–C–C–N with tert-alkyl or cyclic N) is 4. The zero-order valence-electron chi connectivity index (χ0n) is 49.5. The maximum absolute atomic E-state index is 14.6. The number of methoxy groups -OCH3 is 1. The number of benzene rings is 4. The lowest BCUT2D eigenvalue weighted by Gasteiger charge is -2.55. The molecule has 102 heavy (non-hydrogen) atoms. The SMILES string of the molecule is COc1c(O)c(O)c(-n2nc(C(N)=O)c3c2C(=O)N(c2c(O)c(O)c(N4C(=O)CC(O)(O)C(O)(OCOc5c(O)c(O)c(-n6nc(C(N)=O)c7c6C(=O)N(c6c(O)c(O)c(N8C(=O)C(O)(O)C(O)(O)C(O)(O)C8(O)O)c(O)c6O)CC7(O)O)c(O)c5O)C4(O)O)c(O)c2O)CC3(O)O)c(O)c1O. The van der Waals surface area contributed by atoms with Crippen LogP contribution in [0, 0.1) is 0 Å². The van der Waals surface area contributed by atoms with Crippen LogP contribution >= 0.6 is 0 Å². The zero-order valence-corrected chi connectivity index (χ0v) is 49.5. The van der Waals surface area contributed by atoms with Gasteiger partial charge in [-0.1, -0.05) is 0 Å². The van der Waals surface area contributed by atoms with E-state index in [-0.39, 0.29) is 19.2 Å². The van der Waals surface area contributed by atoms with Gasteiger partial charge in [-0.15, -0.1) is 0 Å². The number of nitrogens with zero attached hydrogens (tertiary/aromatic N) is 8. The van der Waals surface area contributed by atoms with E-state index < -0.39 is 295 Å². The summed E-state index contributed by atoms with van der Waals surface area (Å²) in [7, 11) is 0.803. The summed E-state index contributed by atoms with van der Waals surface area (Å²) in [5.41, 5.74) is -9.27. The van der Waals surface area contributed by atoms with Crippen molar-refractivity contribution in [1.82, 2.24) is 19.6 Å². The minimum absolute atomic E-state index is 0.0772. The van der Waals surface area contributed by atoms with Gasteiger partial charge in [-0.05, 0) is 0 Å². The normalized spacial score (nSPS) is 20.5. The highest BCUT2D eigenvalue weighted by Crippen LogP contribution is 2.63. The van der Waals surface area contributed by atoms with Gasteiger partial charge in [-0.3, -0.25) is 38.6 Å². The molecule has 4 aliphatic rings. The maximum Gasteiger partial charge on any atom is 0.316 e. The van der Waals surface area contributed by atoms with Crippen LogP contribution in [-0.2, 0) is 25.9 Å². The molecule has 52 nitrogen and oxygen atoms in total. The number of hydrogen-bond acceptors (Lipinski definition) is 44. The first-order chi connectivity index (χ1) is 46.5. The smallest absolute Gasteiger partial charge is 0.316 e. The molecule has 2 fully saturated rings. The Kier molecular flexibility index (Phi) is 15.6. The highest BCUT2D eigenvalue weighted by atomic mass is 16.8.